The molecule has 1 aromatic carbocycles. The van der Waals surface area contributed by atoms with E-state index in [9.17, 15) is 13.2 Å². The van der Waals surface area contributed by atoms with Crippen molar-refractivity contribution in [1.29, 1.82) is 0 Å². The van der Waals surface area contributed by atoms with Gasteiger partial charge in [0.05, 0.1) is 5.56 Å². The summed E-state index contributed by atoms with van der Waals surface area (Å²) in [7, 11) is -3.64. The van der Waals surface area contributed by atoms with E-state index in [4.69, 9.17) is 4.74 Å². The summed E-state index contributed by atoms with van der Waals surface area (Å²) in [6.45, 7) is 5.34. The van der Waals surface area contributed by atoms with Crippen LogP contribution in [0.25, 0.3) is 0 Å². The summed E-state index contributed by atoms with van der Waals surface area (Å²) in [5.41, 5.74) is 0.139. The van der Waals surface area contributed by atoms with Crippen molar-refractivity contribution >= 4 is 33.2 Å². The van der Waals surface area contributed by atoms with Gasteiger partial charge in [0.15, 0.2) is 4.21 Å². The largest absolute Gasteiger partial charge is 0.456 e. The molecule has 0 bridgehead atoms. The van der Waals surface area contributed by atoms with Gasteiger partial charge in [0.1, 0.15) is 5.60 Å². The van der Waals surface area contributed by atoms with E-state index in [0.717, 1.165) is 11.5 Å². The quantitative estimate of drug-likeness (QED) is 0.865. The molecule has 8 heteroatoms. The maximum atomic E-state index is 12.0. The van der Waals surface area contributed by atoms with E-state index in [1.807, 2.05) is 0 Å². The summed E-state index contributed by atoms with van der Waals surface area (Å²) in [5.74, 6) is -0.454. The minimum absolute atomic E-state index is 0.128. The Morgan fingerprint density at radius 2 is 1.82 bits per heavy atom. The second-order valence-corrected chi connectivity index (χ2v) is 8.26. The third-order valence-electron chi connectivity index (χ3n) is 2.45. The zero-order valence-electron chi connectivity index (χ0n) is 12.4. The highest BCUT2D eigenvalue weighted by atomic mass is 32.2. The molecule has 0 saturated carbocycles. The number of carbonyl (C=O) groups excluding carboxylic acids is 1. The second-order valence-electron chi connectivity index (χ2n) is 5.52. The highest BCUT2D eigenvalue weighted by Gasteiger charge is 2.19. The van der Waals surface area contributed by atoms with Crippen LogP contribution in [-0.4, -0.2) is 24.4 Å². The van der Waals surface area contributed by atoms with E-state index in [1.165, 1.54) is 36.5 Å². The van der Waals surface area contributed by atoms with Gasteiger partial charge in [0, 0.05) is 11.9 Å². The molecule has 0 spiro atoms. The van der Waals surface area contributed by atoms with Crippen LogP contribution in [-0.2, 0) is 14.8 Å². The number of hydrogen-bond donors (Lipinski definition) is 1. The molecular formula is C14H16N2O4S2. The summed E-state index contributed by atoms with van der Waals surface area (Å²) >= 11 is 0.889. The summed E-state index contributed by atoms with van der Waals surface area (Å²) in [6, 6.07) is 7.47. The van der Waals surface area contributed by atoms with Crippen molar-refractivity contribution in [3.05, 3.63) is 42.1 Å². The molecule has 1 N–H and O–H groups in total. The number of carbonyl (C=O) groups is 1. The molecule has 1 aromatic heterocycles. The molecule has 2 aromatic rings. The van der Waals surface area contributed by atoms with E-state index >= 15 is 0 Å². The Labute approximate surface area is 133 Å². The number of anilines is 1. The standard InChI is InChI=1S/C14H16N2O4S2/c1-14(2,3)20-13(17)10-4-6-11(7-5-10)16-22(18,19)12-8-9-15-21-12/h4-9,16H,1-3H3. The number of benzene rings is 1. The average molecular weight is 340 g/mol. The van der Waals surface area contributed by atoms with E-state index < -0.39 is 21.6 Å². The van der Waals surface area contributed by atoms with E-state index in [1.54, 1.807) is 20.8 Å². The molecule has 0 aliphatic heterocycles. The molecule has 0 saturated heterocycles. The van der Waals surface area contributed by atoms with Gasteiger partial charge >= 0.3 is 5.97 Å². The molecule has 22 heavy (non-hydrogen) atoms. The average Bonchev–Trinajstić information content (AvgIpc) is 2.91. The lowest BCUT2D eigenvalue weighted by Gasteiger charge is -2.19. The van der Waals surface area contributed by atoms with Gasteiger partial charge in [-0.15, -0.1) is 0 Å². The van der Waals surface area contributed by atoms with Crippen molar-refractivity contribution in [2.45, 2.75) is 30.6 Å². The number of nitrogens with zero attached hydrogens (tertiary/aromatic N) is 1. The Hall–Kier alpha value is -1.93. The van der Waals surface area contributed by atoms with Crippen molar-refractivity contribution in [1.82, 2.24) is 4.37 Å². The minimum atomic E-state index is -3.64. The number of aromatic nitrogens is 1. The maximum Gasteiger partial charge on any atom is 0.338 e. The van der Waals surface area contributed by atoms with E-state index in [-0.39, 0.29) is 4.21 Å². The Morgan fingerprint density at radius 3 is 2.32 bits per heavy atom. The van der Waals surface area contributed by atoms with Gasteiger partial charge in [-0.3, -0.25) is 4.72 Å². The number of nitrogens with one attached hydrogen (secondary N) is 1. The van der Waals surface area contributed by atoms with Crippen LogP contribution < -0.4 is 4.72 Å². The fourth-order valence-electron chi connectivity index (χ4n) is 1.56. The second kappa shape index (κ2) is 6.05. The first-order chi connectivity index (χ1) is 10.2. The zero-order valence-corrected chi connectivity index (χ0v) is 14.0. The van der Waals surface area contributed by atoms with Crippen LogP contribution in [0.3, 0.4) is 0 Å². The predicted molar refractivity (Wildman–Crippen MR) is 84.5 cm³/mol. The van der Waals surface area contributed by atoms with Crippen molar-refractivity contribution in [3.63, 3.8) is 0 Å². The van der Waals surface area contributed by atoms with Gasteiger partial charge < -0.3 is 4.74 Å². The lowest BCUT2D eigenvalue weighted by Crippen LogP contribution is -2.23. The van der Waals surface area contributed by atoms with Gasteiger partial charge in [-0.1, -0.05) is 0 Å². The van der Waals surface area contributed by atoms with Crippen LogP contribution in [0.2, 0.25) is 0 Å². The van der Waals surface area contributed by atoms with Crippen molar-refractivity contribution in [2.24, 2.45) is 0 Å². The third-order valence-corrected chi connectivity index (χ3v) is 5.05. The predicted octanol–water partition coefficient (Wildman–Crippen LogP) is 2.90. The molecule has 0 fully saturated rings. The first-order valence-corrected chi connectivity index (χ1v) is 8.70. The van der Waals surface area contributed by atoms with Crippen LogP contribution in [0.1, 0.15) is 31.1 Å². The number of rotatable bonds is 4. The Morgan fingerprint density at radius 1 is 1.18 bits per heavy atom. The van der Waals surface area contributed by atoms with Gasteiger partial charge in [-0.25, -0.2) is 13.2 Å². The summed E-state index contributed by atoms with van der Waals surface area (Å²) < 4.78 is 35.6. The van der Waals surface area contributed by atoms with Gasteiger partial charge in [-0.05, 0) is 62.6 Å². The molecule has 2 rings (SSSR count). The molecule has 0 unspecified atom stereocenters. The topological polar surface area (TPSA) is 85.4 Å². The van der Waals surface area contributed by atoms with Crippen LogP contribution >= 0.6 is 11.5 Å². The molecule has 0 radical (unpaired) electrons. The van der Waals surface area contributed by atoms with Gasteiger partial charge in [-0.2, -0.15) is 4.37 Å². The van der Waals surface area contributed by atoms with Gasteiger partial charge in [0.2, 0.25) is 0 Å². The molecule has 118 valence electrons. The lowest BCUT2D eigenvalue weighted by atomic mass is 10.1. The number of hydrogen-bond acceptors (Lipinski definition) is 6. The maximum absolute atomic E-state index is 12.0. The van der Waals surface area contributed by atoms with Crippen molar-refractivity contribution in [2.75, 3.05) is 4.72 Å². The highest BCUT2D eigenvalue weighted by Crippen LogP contribution is 2.19. The molecule has 0 aliphatic carbocycles. The summed E-state index contributed by atoms with van der Waals surface area (Å²) in [4.78, 5) is 11.9. The lowest BCUT2D eigenvalue weighted by molar-refractivity contribution is 0.00695. The minimum Gasteiger partial charge on any atom is -0.456 e. The first-order valence-electron chi connectivity index (χ1n) is 6.44. The van der Waals surface area contributed by atoms with Gasteiger partial charge in [0.25, 0.3) is 10.0 Å². The molecule has 0 amide bonds. The van der Waals surface area contributed by atoms with Crippen LogP contribution in [0.15, 0.2) is 40.7 Å². The monoisotopic (exact) mass is 340 g/mol. The van der Waals surface area contributed by atoms with Crippen molar-refractivity contribution in [3.8, 4) is 0 Å². The van der Waals surface area contributed by atoms with Crippen LogP contribution in [0, 0.1) is 0 Å². The van der Waals surface area contributed by atoms with E-state index in [2.05, 4.69) is 9.10 Å². The Kier molecular flexibility index (Phi) is 4.52. The van der Waals surface area contributed by atoms with Crippen molar-refractivity contribution < 1.29 is 17.9 Å². The normalized spacial score (nSPS) is 12.0. The van der Waals surface area contributed by atoms with E-state index in [0.29, 0.717) is 11.3 Å². The fourth-order valence-corrected chi connectivity index (χ4v) is 3.34. The number of ether oxygens (including phenoxy) is 1. The Bertz CT molecular complexity index is 745. The highest BCUT2D eigenvalue weighted by molar-refractivity contribution is 7.94. The number of esters is 1. The summed E-state index contributed by atoms with van der Waals surface area (Å²) in [5, 5.41) is 0. The zero-order chi connectivity index (χ0) is 16.4. The SMILES string of the molecule is CC(C)(C)OC(=O)c1ccc(NS(=O)(=O)c2ccns2)cc1. The molecule has 0 aliphatic rings. The third kappa shape index (κ3) is 4.28. The molecule has 0 atom stereocenters. The van der Waals surface area contributed by atoms with Crippen LogP contribution in [0.4, 0.5) is 5.69 Å². The molecule has 6 nitrogen and oxygen atoms in total. The van der Waals surface area contributed by atoms with Crippen LogP contribution in [0.5, 0.6) is 0 Å². The smallest absolute Gasteiger partial charge is 0.338 e. The first kappa shape index (κ1) is 16.4. The summed E-state index contributed by atoms with van der Waals surface area (Å²) in [6.07, 6.45) is 1.42. The number of sulfonamides is 1. The fraction of sp³-hybridized carbons (Fsp3) is 0.286. The molecule has 1 heterocycles. The molecular weight excluding hydrogens is 324 g/mol. The Balaban J connectivity index is 2.11.